The molecule has 74 heavy (non-hydrogen) atoms. The molecule has 342 valence electrons. The molecule has 3 nitrogen and oxygen atoms in total. The van der Waals surface area contributed by atoms with E-state index in [4.69, 9.17) is 4.42 Å². The molecule has 0 saturated heterocycles. The monoisotopic (exact) mass is 938 g/mol. The van der Waals surface area contributed by atoms with Crippen molar-refractivity contribution in [1.29, 1.82) is 0 Å². The van der Waals surface area contributed by atoms with Gasteiger partial charge >= 0.3 is 0 Å². The highest BCUT2D eigenvalue weighted by Crippen LogP contribution is 2.50. The zero-order chi connectivity index (χ0) is 48.4. The second-order valence-electron chi connectivity index (χ2n) is 19.9. The molecule has 0 fully saturated rings. The minimum atomic E-state index is -0.0941. The predicted octanol–water partition coefficient (Wildman–Crippen LogP) is 17.3. The molecular weight excluding hydrogens is 896 g/mol. The van der Waals surface area contributed by atoms with Gasteiger partial charge in [-0.1, -0.05) is 206 Å². The lowest BCUT2D eigenvalue weighted by Crippen LogP contribution is -2.61. The summed E-state index contributed by atoms with van der Waals surface area (Å²) in [6, 6.07) is 96.5. The van der Waals surface area contributed by atoms with Crippen LogP contribution in [0.3, 0.4) is 0 Å². The number of furan rings is 1. The summed E-state index contributed by atoms with van der Waals surface area (Å²) in [7, 11) is 0. The fourth-order valence-electron chi connectivity index (χ4n) is 12.6. The lowest BCUT2D eigenvalue weighted by molar-refractivity contribution is 0.669. The molecule has 0 atom stereocenters. The molecule has 2 aliphatic heterocycles. The summed E-state index contributed by atoms with van der Waals surface area (Å²) in [5.41, 5.74) is 19.5. The van der Waals surface area contributed by atoms with E-state index in [1.54, 1.807) is 0 Å². The Balaban J connectivity index is 1.04. The standard InChI is InChI=1S/C70H43BN2O/c1-3-13-44(14-4-1)46-23-30-52(31-24-46)72-64-41-51(50-29-34-59-58-21-11-12-22-66(58)74-67(59)43-50)42-65-68(64)71(62-39-37-56-54-19-9-7-17-48(54)27-35-60(56)69(62)72)63-40-38-57-55-20-10-8-18-49(55)28-36-61(57)70(63)73(65)53-32-25-47(26-33-53)45-15-5-2-6-16-45/h1-43H. The molecule has 1 aromatic heterocycles. The normalized spacial score (nSPS) is 12.8. The van der Waals surface area contributed by atoms with Crippen molar-refractivity contribution in [3.63, 3.8) is 0 Å². The maximum absolute atomic E-state index is 6.63. The highest BCUT2D eigenvalue weighted by atomic mass is 16.3. The molecule has 0 unspecified atom stereocenters. The topological polar surface area (TPSA) is 19.6 Å². The molecule has 0 spiro atoms. The molecule has 0 amide bonds. The van der Waals surface area contributed by atoms with Crippen LogP contribution in [-0.2, 0) is 0 Å². The third-order valence-electron chi connectivity index (χ3n) is 16.0. The van der Waals surface area contributed by atoms with Gasteiger partial charge in [0.2, 0.25) is 0 Å². The van der Waals surface area contributed by atoms with Crippen molar-refractivity contribution >= 4 is 122 Å². The Morgan fingerprint density at radius 1 is 0.270 bits per heavy atom. The summed E-state index contributed by atoms with van der Waals surface area (Å²) in [6.45, 7) is -0.0941. The van der Waals surface area contributed by atoms with E-state index in [1.807, 2.05) is 6.07 Å². The van der Waals surface area contributed by atoms with Crippen LogP contribution in [0.4, 0.5) is 34.1 Å². The van der Waals surface area contributed by atoms with Crippen LogP contribution in [0.15, 0.2) is 265 Å². The van der Waals surface area contributed by atoms with E-state index in [9.17, 15) is 0 Å². The van der Waals surface area contributed by atoms with E-state index in [0.29, 0.717) is 0 Å². The van der Waals surface area contributed by atoms with Gasteiger partial charge in [-0.3, -0.25) is 0 Å². The third-order valence-corrected chi connectivity index (χ3v) is 16.0. The maximum Gasteiger partial charge on any atom is 0.252 e. The fraction of sp³-hybridized carbons (Fsp3) is 0. The van der Waals surface area contributed by atoms with Gasteiger partial charge in [-0.2, -0.15) is 0 Å². The van der Waals surface area contributed by atoms with Gasteiger partial charge in [-0.05, 0) is 137 Å². The van der Waals surface area contributed by atoms with Crippen molar-refractivity contribution in [3.8, 4) is 33.4 Å². The summed E-state index contributed by atoms with van der Waals surface area (Å²) < 4.78 is 6.63. The number of benzene rings is 13. The smallest absolute Gasteiger partial charge is 0.252 e. The first-order valence-corrected chi connectivity index (χ1v) is 25.6. The van der Waals surface area contributed by atoms with E-state index in [-0.39, 0.29) is 6.71 Å². The van der Waals surface area contributed by atoms with E-state index >= 15 is 0 Å². The van der Waals surface area contributed by atoms with Crippen LogP contribution in [0, 0.1) is 0 Å². The predicted molar refractivity (Wildman–Crippen MR) is 314 cm³/mol. The van der Waals surface area contributed by atoms with Gasteiger partial charge in [0.25, 0.3) is 6.71 Å². The van der Waals surface area contributed by atoms with Crippen molar-refractivity contribution in [3.05, 3.63) is 261 Å². The lowest BCUT2D eigenvalue weighted by atomic mass is 9.33. The van der Waals surface area contributed by atoms with Gasteiger partial charge in [0, 0.05) is 55.7 Å². The first-order chi connectivity index (χ1) is 36.7. The average Bonchev–Trinajstić information content (AvgIpc) is 3.89. The van der Waals surface area contributed by atoms with Crippen LogP contribution in [0.5, 0.6) is 0 Å². The highest BCUT2D eigenvalue weighted by Gasteiger charge is 2.45. The lowest BCUT2D eigenvalue weighted by Gasteiger charge is -2.45. The number of rotatable bonds is 5. The zero-order valence-corrected chi connectivity index (χ0v) is 40.2. The van der Waals surface area contributed by atoms with Gasteiger partial charge in [-0.15, -0.1) is 0 Å². The minimum Gasteiger partial charge on any atom is -0.456 e. The van der Waals surface area contributed by atoms with Crippen molar-refractivity contribution in [2.75, 3.05) is 9.80 Å². The first kappa shape index (κ1) is 41.0. The molecule has 0 radical (unpaired) electrons. The number of fused-ring (bicyclic) bond motifs is 15. The highest BCUT2D eigenvalue weighted by molar-refractivity contribution is 7.01. The number of hydrogen-bond donors (Lipinski definition) is 0. The number of hydrogen-bond acceptors (Lipinski definition) is 3. The molecule has 3 heterocycles. The van der Waals surface area contributed by atoms with E-state index in [1.165, 1.54) is 93.1 Å². The van der Waals surface area contributed by atoms with Crippen molar-refractivity contribution in [2.24, 2.45) is 0 Å². The molecule has 0 N–H and O–H groups in total. The van der Waals surface area contributed by atoms with Gasteiger partial charge in [0.15, 0.2) is 0 Å². The molecule has 0 bridgehead atoms. The largest absolute Gasteiger partial charge is 0.456 e. The first-order valence-electron chi connectivity index (χ1n) is 25.6. The maximum atomic E-state index is 6.63. The Kier molecular flexibility index (Phi) is 8.83. The molecule has 0 saturated carbocycles. The SMILES string of the molecule is c1ccc(-c2ccc(N3c4cc(-c5ccc6c(c5)oc5ccccc56)cc5c4B(c4ccc6c(ccc7ccccc76)c43)c3ccc4c(ccc6ccccc64)c3N5c3ccc(-c4ccccc4)cc3)cc2)cc1. The summed E-state index contributed by atoms with van der Waals surface area (Å²) in [6.07, 6.45) is 0. The van der Waals surface area contributed by atoms with Crippen LogP contribution in [0.25, 0.3) is 98.4 Å². The zero-order valence-electron chi connectivity index (χ0n) is 40.2. The Bertz CT molecular complexity index is 4370. The van der Waals surface area contributed by atoms with Gasteiger partial charge in [0.1, 0.15) is 11.2 Å². The van der Waals surface area contributed by atoms with Crippen molar-refractivity contribution in [2.45, 2.75) is 0 Å². The summed E-state index contributed by atoms with van der Waals surface area (Å²) in [5, 5.41) is 12.1. The third kappa shape index (κ3) is 6.09. The van der Waals surface area contributed by atoms with E-state index in [0.717, 1.165) is 55.8 Å². The Labute approximate surface area is 428 Å². The van der Waals surface area contributed by atoms with Gasteiger partial charge < -0.3 is 14.2 Å². The molecule has 16 rings (SSSR count). The average molecular weight is 939 g/mol. The van der Waals surface area contributed by atoms with Gasteiger partial charge in [-0.25, -0.2) is 0 Å². The molecule has 13 aromatic carbocycles. The molecule has 2 aliphatic rings. The Morgan fingerprint density at radius 2 is 0.689 bits per heavy atom. The summed E-state index contributed by atoms with van der Waals surface area (Å²) >= 11 is 0. The van der Waals surface area contributed by atoms with Crippen molar-refractivity contribution < 1.29 is 4.42 Å². The van der Waals surface area contributed by atoms with Crippen molar-refractivity contribution in [1.82, 2.24) is 0 Å². The number of nitrogens with zero attached hydrogens (tertiary/aromatic N) is 2. The second-order valence-corrected chi connectivity index (χ2v) is 19.9. The number of anilines is 6. The molecule has 4 heteroatoms. The summed E-state index contributed by atoms with van der Waals surface area (Å²) in [5.74, 6) is 0. The minimum absolute atomic E-state index is 0.0941. The quantitative estimate of drug-likeness (QED) is 0.127. The fourth-order valence-corrected chi connectivity index (χ4v) is 12.6. The second kappa shape index (κ2) is 15.9. The Morgan fingerprint density at radius 3 is 1.23 bits per heavy atom. The van der Waals surface area contributed by atoms with Gasteiger partial charge in [0.05, 0.1) is 0 Å². The van der Waals surface area contributed by atoms with Crippen LogP contribution in [0.1, 0.15) is 0 Å². The molecular formula is C70H43BN2O. The van der Waals surface area contributed by atoms with Crippen LogP contribution in [-0.4, -0.2) is 6.71 Å². The van der Waals surface area contributed by atoms with Crippen LogP contribution in [0.2, 0.25) is 0 Å². The number of para-hydroxylation sites is 1. The Hall–Kier alpha value is -9.64. The van der Waals surface area contributed by atoms with E-state index < -0.39 is 0 Å². The summed E-state index contributed by atoms with van der Waals surface area (Å²) in [4.78, 5) is 5.16. The molecule has 14 aromatic rings. The van der Waals surface area contributed by atoms with Crippen LogP contribution < -0.4 is 26.2 Å². The van der Waals surface area contributed by atoms with Crippen LogP contribution >= 0.6 is 0 Å². The molecule has 0 aliphatic carbocycles. The van der Waals surface area contributed by atoms with E-state index in [2.05, 4.69) is 265 Å².